The molecule has 0 saturated carbocycles. The van der Waals surface area contributed by atoms with Gasteiger partial charge < -0.3 is 4.57 Å². The fraction of sp³-hybridized carbons (Fsp3) is 0.176. The van der Waals surface area contributed by atoms with Crippen LogP contribution in [0.5, 0.6) is 0 Å². The summed E-state index contributed by atoms with van der Waals surface area (Å²) in [4.78, 5) is 4.45. The van der Waals surface area contributed by atoms with Gasteiger partial charge in [-0.15, -0.1) is 5.10 Å². The van der Waals surface area contributed by atoms with Crippen LogP contribution in [0.25, 0.3) is 33.4 Å². The van der Waals surface area contributed by atoms with Gasteiger partial charge >= 0.3 is 0 Å². The molecule has 0 aliphatic carbocycles. The number of fused-ring (bicyclic) bond motifs is 1. The second-order valence-corrected chi connectivity index (χ2v) is 5.56. The molecule has 3 aromatic heterocycles. The standard InChI is InChI=1S/C17H15FN6/c1-3-24-10-19-16-14(8-20-22-17(16)24)11-4-5-15(18)13(6-11)12-7-21-23(2)9-12/h4-10H,3H2,1-2H3. The summed E-state index contributed by atoms with van der Waals surface area (Å²) >= 11 is 0. The third kappa shape index (κ3) is 2.25. The lowest BCUT2D eigenvalue weighted by Gasteiger charge is -2.06. The minimum Gasteiger partial charge on any atom is -0.314 e. The number of nitrogens with zero attached hydrogens (tertiary/aromatic N) is 6. The minimum absolute atomic E-state index is 0.288. The molecule has 7 heteroatoms. The summed E-state index contributed by atoms with van der Waals surface area (Å²) < 4.78 is 17.8. The smallest absolute Gasteiger partial charge is 0.183 e. The Morgan fingerprint density at radius 3 is 2.75 bits per heavy atom. The van der Waals surface area contributed by atoms with Gasteiger partial charge in [0.05, 0.1) is 18.7 Å². The minimum atomic E-state index is -0.288. The molecule has 0 atom stereocenters. The quantitative estimate of drug-likeness (QED) is 0.581. The van der Waals surface area contributed by atoms with E-state index < -0.39 is 0 Å². The SMILES string of the molecule is CCn1cnc2c(-c3ccc(F)c(-c4cnn(C)c4)c3)cnnc21. The number of aryl methyl sites for hydroxylation is 2. The second kappa shape index (κ2) is 5.52. The van der Waals surface area contributed by atoms with Crippen molar-refractivity contribution in [2.45, 2.75) is 13.5 Å². The van der Waals surface area contributed by atoms with Gasteiger partial charge in [0.15, 0.2) is 5.65 Å². The molecule has 1 aromatic carbocycles. The van der Waals surface area contributed by atoms with E-state index in [0.717, 1.165) is 34.4 Å². The van der Waals surface area contributed by atoms with Gasteiger partial charge in [0.1, 0.15) is 11.3 Å². The molecule has 3 heterocycles. The molecule has 0 aliphatic heterocycles. The first kappa shape index (κ1) is 14.5. The molecule has 24 heavy (non-hydrogen) atoms. The molecule has 0 N–H and O–H groups in total. The van der Waals surface area contributed by atoms with Crippen molar-refractivity contribution in [1.29, 1.82) is 0 Å². The summed E-state index contributed by atoms with van der Waals surface area (Å²) in [5.74, 6) is -0.288. The van der Waals surface area contributed by atoms with Crippen molar-refractivity contribution < 1.29 is 4.39 Å². The van der Waals surface area contributed by atoms with Gasteiger partial charge in [-0.2, -0.15) is 10.2 Å². The highest BCUT2D eigenvalue weighted by Crippen LogP contribution is 2.31. The van der Waals surface area contributed by atoms with Crippen LogP contribution in [-0.4, -0.2) is 29.5 Å². The van der Waals surface area contributed by atoms with Crippen LogP contribution in [0.2, 0.25) is 0 Å². The maximum Gasteiger partial charge on any atom is 0.183 e. The molecule has 0 fully saturated rings. The average molecular weight is 322 g/mol. The second-order valence-electron chi connectivity index (χ2n) is 5.56. The van der Waals surface area contributed by atoms with Crippen LogP contribution < -0.4 is 0 Å². The Kier molecular flexibility index (Phi) is 3.34. The van der Waals surface area contributed by atoms with Crippen LogP contribution in [0.4, 0.5) is 4.39 Å². The Balaban J connectivity index is 1.90. The van der Waals surface area contributed by atoms with Gasteiger partial charge in [-0.05, 0) is 24.6 Å². The van der Waals surface area contributed by atoms with Crippen LogP contribution in [0.1, 0.15) is 6.92 Å². The highest BCUT2D eigenvalue weighted by atomic mass is 19.1. The van der Waals surface area contributed by atoms with E-state index in [9.17, 15) is 4.39 Å². The summed E-state index contributed by atoms with van der Waals surface area (Å²) in [6.45, 7) is 2.78. The third-order valence-electron chi connectivity index (χ3n) is 4.04. The Bertz CT molecular complexity index is 1030. The molecular formula is C17H15FN6. The predicted octanol–water partition coefficient (Wildman–Crippen LogP) is 3.05. The molecular weight excluding hydrogens is 307 g/mol. The van der Waals surface area contributed by atoms with Crippen molar-refractivity contribution in [3.8, 4) is 22.3 Å². The van der Waals surface area contributed by atoms with Gasteiger partial charge in [-0.3, -0.25) is 4.68 Å². The van der Waals surface area contributed by atoms with E-state index in [-0.39, 0.29) is 5.82 Å². The normalized spacial score (nSPS) is 11.3. The molecule has 0 aliphatic rings. The molecule has 6 nitrogen and oxygen atoms in total. The molecule has 4 rings (SSSR count). The van der Waals surface area contributed by atoms with Crippen molar-refractivity contribution in [3.05, 3.63) is 48.9 Å². The van der Waals surface area contributed by atoms with Crippen LogP contribution >= 0.6 is 0 Å². The first-order valence-electron chi connectivity index (χ1n) is 7.63. The Labute approximate surface area is 137 Å². The Hall–Kier alpha value is -3.09. The van der Waals surface area contributed by atoms with Crippen LogP contribution in [0.3, 0.4) is 0 Å². The third-order valence-corrected chi connectivity index (χ3v) is 4.04. The lowest BCUT2D eigenvalue weighted by molar-refractivity contribution is 0.631. The Morgan fingerprint density at radius 1 is 1.12 bits per heavy atom. The maximum absolute atomic E-state index is 14.3. The van der Waals surface area contributed by atoms with Gasteiger partial charge in [0, 0.05) is 36.5 Å². The number of hydrogen-bond acceptors (Lipinski definition) is 4. The number of aromatic nitrogens is 6. The van der Waals surface area contributed by atoms with Gasteiger partial charge in [0.25, 0.3) is 0 Å². The van der Waals surface area contributed by atoms with E-state index in [2.05, 4.69) is 20.3 Å². The van der Waals surface area contributed by atoms with Crippen molar-refractivity contribution in [3.63, 3.8) is 0 Å². The van der Waals surface area contributed by atoms with Gasteiger partial charge in [0.2, 0.25) is 0 Å². The molecule has 4 aromatic rings. The summed E-state index contributed by atoms with van der Waals surface area (Å²) in [6.07, 6.45) is 6.84. The zero-order valence-corrected chi connectivity index (χ0v) is 13.3. The van der Waals surface area contributed by atoms with E-state index in [4.69, 9.17) is 0 Å². The summed E-state index contributed by atoms with van der Waals surface area (Å²) in [7, 11) is 1.80. The number of rotatable bonds is 3. The molecule has 0 radical (unpaired) electrons. The average Bonchev–Trinajstić information content (AvgIpc) is 3.21. The topological polar surface area (TPSA) is 61.4 Å². The van der Waals surface area contributed by atoms with Crippen molar-refractivity contribution in [2.75, 3.05) is 0 Å². The fourth-order valence-corrected chi connectivity index (χ4v) is 2.79. The van der Waals surface area contributed by atoms with Crippen molar-refractivity contribution in [1.82, 2.24) is 29.5 Å². The number of imidazole rings is 1. The number of benzene rings is 1. The van der Waals surface area contributed by atoms with Crippen molar-refractivity contribution in [2.24, 2.45) is 7.05 Å². The highest BCUT2D eigenvalue weighted by molar-refractivity contribution is 5.90. The summed E-state index contributed by atoms with van der Waals surface area (Å²) in [5, 5.41) is 12.4. The summed E-state index contributed by atoms with van der Waals surface area (Å²) in [6, 6.07) is 4.99. The molecule has 0 unspecified atom stereocenters. The van der Waals surface area contributed by atoms with Gasteiger partial charge in [-0.25, -0.2) is 9.37 Å². The van der Waals surface area contributed by atoms with Crippen LogP contribution in [-0.2, 0) is 13.6 Å². The summed E-state index contributed by atoms with van der Waals surface area (Å²) in [5.41, 5.74) is 4.39. The van der Waals surface area contributed by atoms with E-state index in [1.165, 1.54) is 6.07 Å². The molecule has 0 amide bonds. The van der Waals surface area contributed by atoms with E-state index in [0.29, 0.717) is 5.56 Å². The van der Waals surface area contributed by atoms with E-state index in [1.54, 1.807) is 48.8 Å². The Morgan fingerprint density at radius 2 is 2.00 bits per heavy atom. The molecule has 0 saturated heterocycles. The maximum atomic E-state index is 14.3. The van der Waals surface area contributed by atoms with Crippen LogP contribution in [0.15, 0.2) is 43.1 Å². The predicted molar refractivity (Wildman–Crippen MR) is 88.6 cm³/mol. The zero-order chi connectivity index (χ0) is 16.7. The monoisotopic (exact) mass is 322 g/mol. The lowest BCUT2D eigenvalue weighted by atomic mass is 10.0. The number of halogens is 1. The first-order valence-corrected chi connectivity index (χ1v) is 7.63. The fourth-order valence-electron chi connectivity index (χ4n) is 2.79. The van der Waals surface area contributed by atoms with E-state index in [1.807, 2.05) is 11.5 Å². The first-order chi connectivity index (χ1) is 11.7. The lowest BCUT2D eigenvalue weighted by Crippen LogP contribution is -1.95. The molecule has 0 bridgehead atoms. The molecule has 0 spiro atoms. The van der Waals surface area contributed by atoms with E-state index >= 15 is 0 Å². The van der Waals surface area contributed by atoms with Crippen molar-refractivity contribution >= 4 is 11.2 Å². The molecule has 120 valence electrons. The highest BCUT2D eigenvalue weighted by Gasteiger charge is 2.14. The van der Waals surface area contributed by atoms with Crippen LogP contribution in [0, 0.1) is 5.82 Å². The zero-order valence-electron chi connectivity index (χ0n) is 13.3. The number of hydrogen-bond donors (Lipinski definition) is 0. The van der Waals surface area contributed by atoms with Gasteiger partial charge in [-0.1, -0.05) is 6.07 Å². The largest absolute Gasteiger partial charge is 0.314 e.